The van der Waals surface area contributed by atoms with Gasteiger partial charge in [-0.25, -0.2) is 4.79 Å². The van der Waals surface area contributed by atoms with Crippen LogP contribution in [0, 0.1) is 0 Å². The van der Waals surface area contributed by atoms with Crippen molar-refractivity contribution in [1.29, 1.82) is 0 Å². The van der Waals surface area contributed by atoms with Gasteiger partial charge in [-0.2, -0.15) is 0 Å². The fourth-order valence-corrected chi connectivity index (χ4v) is 3.38. The molecular formula is C19H27N3O4. The molecule has 7 nitrogen and oxygen atoms in total. The van der Waals surface area contributed by atoms with Crippen LogP contribution in [0.5, 0.6) is 0 Å². The maximum Gasteiger partial charge on any atom is 0.419 e. The highest BCUT2D eigenvalue weighted by Crippen LogP contribution is 2.20. The Bertz CT molecular complexity index is 806. The lowest BCUT2D eigenvalue weighted by Crippen LogP contribution is -2.56. The zero-order chi connectivity index (χ0) is 18.6. The van der Waals surface area contributed by atoms with Crippen molar-refractivity contribution in [3.05, 3.63) is 34.8 Å². The Morgan fingerprint density at radius 2 is 2.00 bits per heavy atom. The SMILES string of the molecule is CCC(C)(CNC(=O)CCn1c(=O)oc2ccccc21)N1CCOCC1. The third kappa shape index (κ3) is 3.99. The van der Waals surface area contributed by atoms with Crippen molar-refractivity contribution in [2.45, 2.75) is 38.8 Å². The number of benzene rings is 1. The standard InChI is InChI=1S/C19H27N3O4/c1-3-19(2,21-10-12-25-13-11-21)14-20-17(23)8-9-22-15-6-4-5-7-16(15)26-18(22)24/h4-7H,3,8-14H2,1-2H3,(H,20,23). The van der Waals surface area contributed by atoms with Crippen LogP contribution in [0.3, 0.4) is 0 Å². The summed E-state index contributed by atoms with van der Waals surface area (Å²) in [5, 5.41) is 3.03. The van der Waals surface area contributed by atoms with Crippen LogP contribution < -0.4 is 11.1 Å². The molecule has 1 saturated heterocycles. The molecule has 7 heteroatoms. The minimum absolute atomic E-state index is 0.0601. The predicted octanol–water partition coefficient (Wildman–Crippen LogP) is 1.60. The van der Waals surface area contributed by atoms with Gasteiger partial charge in [-0.15, -0.1) is 0 Å². The van der Waals surface area contributed by atoms with E-state index in [1.807, 2.05) is 18.2 Å². The second kappa shape index (κ2) is 8.05. The number of oxazole rings is 1. The Kier molecular flexibility index (Phi) is 5.78. The van der Waals surface area contributed by atoms with Crippen molar-refractivity contribution in [3.8, 4) is 0 Å². The van der Waals surface area contributed by atoms with Crippen LogP contribution in [0.25, 0.3) is 11.1 Å². The highest BCUT2D eigenvalue weighted by Gasteiger charge is 2.31. The van der Waals surface area contributed by atoms with E-state index in [0.29, 0.717) is 18.7 Å². The predicted molar refractivity (Wildman–Crippen MR) is 99.2 cm³/mol. The largest absolute Gasteiger partial charge is 0.419 e. The van der Waals surface area contributed by atoms with E-state index in [-0.39, 0.29) is 17.9 Å². The summed E-state index contributed by atoms with van der Waals surface area (Å²) in [5.41, 5.74) is 1.18. The molecule has 1 N–H and O–H groups in total. The normalized spacial score (nSPS) is 17.9. The summed E-state index contributed by atoms with van der Waals surface area (Å²) < 4.78 is 12.1. The number of aryl methyl sites for hydroxylation is 1. The lowest BCUT2D eigenvalue weighted by molar-refractivity contribution is -0.122. The van der Waals surface area contributed by atoms with Gasteiger partial charge in [0.25, 0.3) is 0 Å². The Morgan fingerprint density at radius 3 is 2.73 bits per heavy atom. The molecule has 1 aromatic heterocycles. The van der Waals surface area contributed by atoms with Gasteiger partial charge in [-0.3, -0.25) is 14.3 Å². The molecule has 1 fully saturated rings. The van der Waals surface area contributed by atoms with Crippen LogP contribution in [-0.2, 0) is 16.1 Å². The first-order valence-electron chi connectivity index (χ1n) is 9.21. The van der Waals surface area contributed by atoms with E-state index < -0.39 is 5.76 Å². The molecule has 2 heterocycles. The molecule has 0 radical (unpaired) electrons. The number of hydrogen-bond acceptors (Lipinski definition) is 5. The van der Waals surface area contributed by atoms with Crippen LogP contribution in [-0.4, -0.2) is 53.8 Å². The van der Waals surface area contributed by atoms with Crippen molar-refractivity contribution in [3.63, 3.8) is 0 Å². The van der Waals surface area contributed by atoms with Gasteiger partial charge in [0, 0.05) is 38.1 Å². The van der Waals surface area contributed by atoms with E-state index in [4.69, 9.17) is 9.15 Å². The molecular weight excluding hydrogens is 334 g/mol. The number of hydrogen-bond donors (Lipinski definition) is 1. The molecule has 1 atom stereocenters. The molecule has 1 aliphatic heterocycles. The maximum absolute atomic E-state index is 12.3. The number of carbonyl (C=O) groups excluding carboxylic acids is 1. The first-order chi connectivity index (χ1) is 12.5. The van der Waals surface area contributed by atoms with Crippen LogP contribution in [0.2, 0.25) is 0 Å². The number of nitrogens with zero attached hydrogens (tertiary/aromatic N) is 2. The van der Waals surface area contributed by atoms with E-state index in [2.05, 4.69) is 24.1 Å². The van der Waals surface area contributed by atoms with E-state index in [9.17, 15) is 9.59 Å². The molecule has 0 aliphatic carbocycles. The number of ether oxygens (including phenoxy) is 1. The molecule has 1 amide bonds. The van der Waals surface area contributed by atoms with Crippen molar-refractivity contribution >= 4 is 17.0 Å². The Balaban J connectivity index is 1.56. The van der Waals surface area contributed by atoms with Gasteiger partial charge >= 0.3 is 5.76 Å². The van der Waals surface area contributed by atoms with Gasteiger partial charge < -0.3 is 14.5 Å². The molecule has 142 valence electrons. The summed E-state index contributed by atoms with van der Waals surface area (Å²) in [7, 11) is 0. The molecule has 1 aliphatic rings. The van der Waals surface area contributed by atoms with Crippen LogP contribution >= 0.6 is 0 Å². The van der Waals surface area contributed by atoms with Crippen molar-refractivity contribution < 1.29 is 13.9 Å². The number of morpholine rings is 1. The minimum atomic E-state index is -0.425. The van der Waals surface area contributed by atoms with E-state index in [0.717, 1.165) is 38.2 Å². The lowest BCUT2D eigenvalue weighted by atomic mass is 9.95. The summed E-state index contributed by atoms with van der Waals surface area (Å²) in [5.74, 6) is -0.485. The highest BCUT2D eigenvalue weighted by atomic mass is 16.5. The van der Waals surface area contributed by atoms with E-state index in [1.54, 1.807) is 6.07 Å². The summed E-state index contributed by atoms with van der Waals surface area (Å²) >= 11 is 0. The second-order valence-corrected chi connectivity index (χ2v) is 6.96. The molecule has 3 rings (SSSR count). The molecule has 26 heavy (non-hydrogen) atoms. The monoisotopic (exact) mass is 361 g/mol. The van der Waals surface area contributed by atoms with Crippen LogP contribution in [0.15, 0.2) is 33.5 Å². The van der Waals surface area contributed by atoms with Gasteiger partial charge in [0.05, 0.1) is 18.7 Å². The number of rotatable bonds is 7. The highest BCUT2D eigenvalue weighted by molar-refractivity contribution is 5.76. The topological polar surface area (TPSA) is 76.7 Å². The fourth-order valence-electron chi connectivity index (χ4n) is 3.38. The van der Waals surface area contributed by atoms with E-state index in [1.165, 1.54) is 4.57 Å². The maximum atomic E-state index is 12.3. The number of carbonyl (C=O) groups is 1. The molecule has 0 bridgehead atoms. The summed E-state index contributed by atoms with van der Waals surface area (Å²) in [4.78, 5) is 26.7. The zero-order valence-electron chi connectivity index (χ0n) is 15.5. The van der Waals surface area contributed by atoms with Gasteiger partial charge in [-0.1, -0.05) is 19.1 Å². The van der Waals surface area contributed by atoms with Crippen LogP contribution in [0.4, 0.5) is 0 Å². The molecule has 2 aromatic rings. The first kappa shape index (κ1) is 18.7. The molecule has 1 aromatic carbocycles. The molecule has 0 saturated carbocycles. The third-order valence-corrected chi connectivity index (χ3v) is 5.34. The number of amides is 1. The number of para-hydroxylation sites is 2. The third-order valence-electron chi connectivity index (χ3n) is 5.34. The Morgan fingerprint density at radius 1 is 1.27 bits per heavy atom. The smallest absolute Gasteiger partial charge is 0.408 e. The van der Waals surface area contributed by atoms with E-state index >= 15 is 0 Å². The number of aromatic nitrogens is 1. The van der Waals surface area contributed by atoms with Crippen molar-refractivity contribution in [2.24, 2.45) is 0 Å². The number of fused-ring (bicyclic) bond motifs is 1. The summed E-state index contributed by atoms with van der Waals surface area (Å²) in [6.45, 7) is 8.45. The fraction of sp³-hybridized carbons (Fsp3) is 0.579. The first-order valence-corrected chi connectivity index (χ1v) is 9.21. The molecule has 1 unspecified atom stereocenters. The Labute approximate surface area is 152 Å². The quantitative estimate of drug-likeness (QED) is 0.811. The number of nitrogens with one attached hydrogen (secondary N) is 1. The minimum Gasteiger partial charge on any atom is -0.408 e. The average molecular weight is 361 g/mol. The zero-order valence-corrected chi connectivity index (χ0v) is 15.5. The van der Waals surface area contributed by atoms with Gasteiger partial charge in [0.2, 0.25) is 5.91 Å². The Hall–Kier alpha value is -2.12. The van der Waals surface area contributed by atoms with Crippen molar-refractivity contribution in [2.75, 3.05) is 32.8 Å². The van der Waals surface area contributed by atoms with Gasteiger partial charge in [0.1, 0.15) is 0 Å². The van der Waals surface area contributed by atoms with Gasteiger partial charge in [0.15, 0.2) is 5.58 Å². The summed E-state index contributed by atoms with van der Waals surface area (Å²) in [6.07, 6.45) is 1.19. The van der Waals surface area contributed by atoms with Crippen molar-refractivity contribution in [1.82, 2.24) is 14.8 Å². The summed E-state index contributed by atoms with van der Waals surface area (Å²) in [6, 6.07) is 7.25. The molecule has 0 spiro atoms. The van der Waals surface area contributed by atoms with Gasteiger partial charge in [-0.05, 0) is 25.5 Å². The lowest BCUT2D eigenvalue weighted by Gasteiger charge is -2.43. The second-order valence-electron chi connectivity index (χ2n) is 6.96. The van der Waals surface area contributed by atoms with Crippen LogP contribution in [0.1, 0.15) is 26.7 Å². The average Bonchev–Trinajstić information content (AvgIpc) is 3.00.